The van der Waals surface area contributed by atoms with E-state index in [0.29, 0.717) is 11.6 Å². The molecule has 0 heterocycles. The molecule has 29 heavy (non-hydrogen) atoms. The minimum atomic E-state index is -3.67. The van der Waals surface area contributed by atoms with E-state index >= 15 is 0 Å². The van der Waals surface area contributed by atoms with Gasteiger partial charge in [0.15, 0.2) is 0 Å². The number of aryl methyl sites for hydroxylation is 1. The SMILES string of the molecule is CCCc1ccc(-c2ccc(C=CC(F)(F)Oc3ccc(F)cc3)c(F)c2)cc1. The fraction of sp³-hybridized carbons (Fsp3) is 0.167. The summed E-state index contributed by atoms with van der Waals surface area (Å²) in [6.07, 6.45) is -0.212. The van der Waals surface area contributed by atoms with Crippen LogP contribution in [0.1, 0.15) is 24.5 Å². The van der Waals surface area contributed by atoms with E-state index in [1.807, 2.05) is 24.3 Å². The summed E-state index contributed by atoms with van der Waals surface area (Å²) in [4.78, 5) is 0. The molecule has 3 rings (SSSR count). The van der Waals surface area contributed by atoms with Crippen LogP contribution in [0.15, 0.2) is 72.8 Å². The van der Waals surface area contributed by atoms with E-state index in [2.05, 4.69) is 11.7 Å². The van der Waals surface area contributed by atoms with E-state index in [4.69, 9.17) is 0 Å². The summed E-state index contributed by atoms with van der Waals surface area (Å²) >= 11 is 0. The molecule has 0 fully saturated rings. The van der Waals surface area contributed by atoms with Gasteiger partial charge in [-0.2, -0.15) is 8.78 Å². The number of halogens is 4. The van der Waals surface area contributed by atoms with E-state index in [1.54, 1.807) is 6.07 Å². The molecule has 0 radical (unpaired) electrons. The van der Waals surface area contributed by atoms with Gasteiger partial charge in [0.25, 0.3) is 0 Å². The standard InChI is InChI=1S/C24H20F4O/c1-2-3-17-4-6-18(7-5-17)20-9-8-19(23(26)16-20)14-15-24(27,28)29-22-12-10-21(25)11-13-22/h4-16H,2-3H2,1H3. The van der Waals surface area contributed by atoms with Gasteiger partial charge < -0.3 is 4.74 Å². The highest BCUT2D eigenvalue weighted by atomic mass is 19.3. The second kappa shape index (κ2) is 8.95. The molecule has 3 aromatic rings. The van der Waals surface area contributed by atoms with Gasteiger partial charge in [-0.1, -0.05) is 49.7 Å². The monoisotopic (exact) mass is 400 g/mol. The normalized spacial score (nSPS) is 11.8. The maximum Gasteiger partial charge on any atom is 0.419 e. The predicted octanol–water partition coefficient (Wildman–Crippen LogP) is 7.27. The van der Waals surface area contributed by atoms with Crippen LogP contribution in [0.2, 0.25) is 0 Å². The summed E-state index contributed by atoms with van der Waals surface area (Å²) < 4.78 is 59.7. The Morgan fingerprint density at radius 3 is 2.14 bits per heavy atom. The average molecular weight is 400 g/mol. The van der Waals surface area contributed by atoms with Gasteiger partial charge in [0.05, 0.1) is 0 Å². The van der Waals surface area contributed by atoms with Crippen molar-refractivity contribution >= 4 is 6.08 Å². The first-order valence-electron chi connectivity index (χ1n) is 9.27. The van der Waals surface area contributed by atoms with Crippen molar-refractivity contribution in [2.45, 2.75) is 25.9 Å². The number of alkyl halides is 2. The Labute approximate surface area is 167 Å². The molecule has 0 saturated heterocycles. The molecular weight excluding hydrogens is 380 g/mol. The first-order valence-corrected chi connectivity index (χ1v) is 9.27. The molecule has 0 N–H and O–H groups in total. The lowest BCUT2D eigenvalue weighted by Crippen LogP contribution is -2.21. The van der Waals surface area contributed by atoms with Crippen LogP contribution in [0.3, 0.4) is 0 Å². The van der Waals surface area contributed by atoms with Crippen molar-refractivity contribution in [3.05, 3.63) is 95.6 Å². The van der Waals surface area contributed by atoms with Gasteiger partial charge in [-0.25, -0.2) is 8.78 Å². The zero-order chi connectivity index (χ0) is 20.9. The van der Waals surface area contributed by atoms with E-state index in [-0.39, 0.29) is 11.3 Å². The summed E-state index contributed by atoms with van der Waals surface area (Å²) in [6, 6.07) is 16.5. The molecule has 150 valence electrons. The van der Waals surface area contributed by atoms with Gasteiger partial charge in [0.2, 0.25) is 0 Å². The van der Waals surface area contributed by atoms with E-state index in [9.17, 15) is 17.6 Å². The number of benzene rings is 3. The average Bonchev–Trinajstić information content (AvgIpc) is 2.69. The molecule has 5 heteroatoms. The minimum Gasteiger partial charge on any atom is -0.429 e. The number of hydrogen-bond donors (Lipinski definition) is 0. The van der Waals surface area contributed by atoms with E-state index < -0.39 is 17.7 Å². The molecule has 0 bridgehead atoms. The first-order chi connectivity index (χ1) is 13.9. The highest BCUT2D eigenvalue weighted by Crippen LogP contribution is 2.26. The van der Waals surface area contributed by atoms with Crippen molar-refractivity contribution in [3.63, 3.8) is 0 Å². The topological polar surface area (TPSA) is 9.23 Å². The van der Waals surface area contributed by atoms with Crippen molar-refractivity contribution in [2.75, 3.05) is 0 Å². The lowest BCUT2D eigenvalue weighted by atomic mass is 10.0. The number of hydrogen-bond acceptors (Lipinski definition) is 1. The van der Waals surface area contributed by atoms with Crippen LogP contribution in [0.25, 0.3) is 17.2 Å². The van der Waals surface area contributed by atoms with Crippen molar-refractivity contribution in [1.29, 1.82) is 0 Å². The lowest BCUT2D eigenvalue weighted by molar-refractivity contribution is -0.130. The summed E-state index contributed by atoms with van der Waals surface area (Å²) in [5.74, 6) is -1.37. The Bertz CT molecular complexity index is 977. The van der Waals surface area contributed by atoms with Crippen LogP contribution in [-0.2, 0) is 6.42 Å². The van der Waals surface area contributed by atoms with Crippen LogP contribution in [0.5, 0.6) is 5.75 Å². The molecule has 0 amide bonds. The number of ether oxygens (including phenoxy) is 1. The third kappa shape index (κ3) is 5.70. The van der Waals surface area contributed by atoms with E-state index in [0.717, 1.165) is 48.7 Å². The van der Waals surface area contributed by atoms with Gasteiger partial charge in [0.1, 0.15) is 17.4 Å². The van der Waals surface area contributed by atoms with Gasteiger partial charge >= 0.3 is 6.11 Å². The summed E-state index contributed by atoms with van der Waals surface area (Å²) in [5.41, 5.74) is 2.74. The third-order valence-electron chi connectivity index (χ3n) is 4.35. The Balaban J connectivity index is 1.73. The molecule has 0 aliphatic heterocycles. The summed E-state index contributed by atoms with van der Waals surface area (Å²) in [7, 11) is 0. The fourth-order valence-corrected chi connectivity index (χ4v) is 2.87. The third-order valence-corrected chi connectivity index (χ3v) is 4.35. The molecule has 0 spiro atoms. The van der Waals surface area contributed by atoms with Crippen LogP contribution in [0.4, 0.5) is 17.6 Å². The van der Waals surface area contributed by atoms with Gasteiger partial charge in [-0.3, -0.25) is 0 Å². The molecular formula is C24H20F4O. The van der Waals surface area contributed by atoms with Crippen LogP contribution in [0, 0.1) is 11.6 Å². The Morgan fingerprint density at radius 1 is 0.862 bits per heavy atom. The van der Waals surface area contributed by atoms with Crippen molar-refractivity contribution < 1.29 is 22.3 Å². The van der Waals surface area contributed by atoms with Crippen LogP contribution < -0.4 is 4.74 Å². The zero-order valence-electron chi connectivity index (χ0n) is 15.8. The molecule has 0 atom stereocenters. The van der Waals surface area contributed by atoms with Crippen molar-refractivity contribution in [2.24, 2.45) is 0 Å². The van der Waals surface area contributed by atoms with Gasteiger partial charge in [0, 0.05) is 11.6 Å². The fourth-order valence-electron chi connectivity index (χ4n) is 2.87. The molecule has 3 aromatic carbocycles. The van der Waals surface area contributed by atoms with Crippen LogP contribution in [-0.4, -0.2) is 6.11 Å². The van der Waals surface area contributed by atoms with Gasteiger partial charge in [-0.05, 0) is 59.5 Å². The molecule has 0 saturated carbocycles. The second-order valence-electron chi connectivity index (χ2n) is 6.63. The molecule has 0 aliphatic carbocycles. The van der Waals surface area contributed by atoms with Gasteiger partial charge in [-0.15, -0.1) is 0 Å². The smallest absolute Gasteiger partial charge is 0.419 e. The summed E-state index contributed by atoms with van der Waals surface area (Å²) in [6.45, 7) is 2.10. The molecule has 0 aromatic heterocycles. The van der Waals surface area contributed by atoms with Crippen LogP contribution >= 0.6 is 0 Å². The molecule has 0 unspecified atom stereocenters. The Hall–Kier alpha value is -3.08. The van der Waals surface area contributed by atoms with Crippen molar-refractivity contribution in [3.8, 4) is 16.9 Å². The van der Waals surface area contributed by atoms with Crippen molar-refractivity contribution in [1.82, 2.24) is 0 Å². The highest BCUT2D eigenvalue weighted by Gasteiger charge is 2.27. The quantitative estimate of drug-likeness (QED) is 0.379. The Kier molecular flexibility index (Phi) is 6.37. The predicted molar refractivity (Wildman–Crippen MR) is 107 cm³/mol. The zero-order valence-corrected chi connectivity index (χ0v) is 15.8. The molecule has 1 nitrogen and oxygen atoms in total. The summed E-state index contributed by atoms with van der Waals surface area (Å²) in [5, 5.41) is 0. The molecule has 0 aliphatic rings. The lowest BCUT2D eigenvalue weighted by Gasteiger charge is -2.14. The van der Waals surface area contributed by atoms with E-state index in [1.165, 1.54) is 17.7 Å². The first kappa shape index (κ1) is 20.6. The Morgan fingerprint density at radius 2 is 1.52 bits per heavy atom. The highest BCUT2D eigenvalue weighted by molar-refractivity contribution is 5.66. The largest absolute Gasteiger partial charge is 0.429 e. The maximum absolute atomic E-state index is 14.4. The second-order valence-corrected chi connectivity index (χ2v) is 6.63. The minimum absolute atomic E-state index is 0.0127. The maximum atomic E-state index is 14.4. The number of rotatable bonds is 7.